The van der Waals surface area contributed by atoms with E-state index in [1.165, 1.54) is 32.2 Å². The lowest BCUT2D eigenvalue weighted by Crippen LogP contribution is -2.43. The molecule has 0 saturated carbocycles. The van der Waals surface area contributed by atoms with E-state index in [4.69, 9.17) is 4.74 Å². The average molecular weight is 228 g/mol. The fourth-order valence-electron chi connectivity index (χ4n) is 2.40. The van der Waals surface area contributed by atoms with Crippen LogP contribution in [0, 0.1) is 5.92 Å². The first-order valence-electron chi connectivity index (χ1n) is 6.71. The van der Waals surface area contributed by atoms with Crippen LogP contribution < -0.4 is 5.32 Å². The second-order valence-electron chi connectivity index (χ2n) is 4.99. The molecule has 0 radical (unpaired) electrons. The van der Waals surface area contributed by atoms with Crippen molar-refractivity contribution in [1.82, 2.24) is 10.2 Å². The molecule has 2 unspecified atom stereocenters. The molecule has 0 bridgehead atoms. The van der Waals surface area contributed by atoms with Crippen LogP contribution in [0.2, 0.25) is 0 Å². The Labute approximate surface area is 101 Å². The number of nitrogens with one attached hydrogen (secondary N) is 1. The molecule has 1 N–H and O–H groups in total. The van der Waals surface area contributed by atoms with Gasteiger partial charge in [0.15, 0.2) is 0 Å². The van der Waals surface area contributed by atoms with Gasteiger partial charge in [-0.25, -0.2) is 0 Å². The van der Waals surface area contributed by atoms with Crippen LogP contribution in [0.1, 0.15) is 32.6 Å². The molecule has 0 spiro atoms. The Bertz CT molecular complexity index is 169. The molecule has 16 heavy (non-hydrogen) atoms. The lowest BCUT2D eigenvalue weighted by Gasteiger charge is -2.27. The summed E-state index contributed by atoms with van der Waals surface area (Å²) in [6.07, 6.45) is 5.19. The van der Waals surface area contributed by atoms with E-state index < -0.39 is 0 Å². The maximum Gasteiger partial charge on any atom is 0.0510 e. The van der Waals surface area contributed by atoms with Crippen LogP contribution in [0.4, 0.5) is 0 Å². The molecule has 0 aliphatic carbocycles. The van der Waals surface area contributed by atoms with Gasteiger partial charge in [0.05, 0.1) is 6.61 Å². The summed E-state index contributed by atoms with van der Waals surface area (Å²) >= 11 is 0. The molecule has 96 valence electrons. The van der Waals surface area contributed by atoms with Crippen molar-refractivity contribution in [2.24, 2.45) is 5.92 Å². The highest BCUT2D eigenvalue weighted by atomic mass is 16.5. The number of unbranched alkanes of at least 4 members (excludes halogenated alkanes) is 2. The van der Waals surface area contributed by atoms with Gasteiger partial charge >= 0.3 is 0 Å². The van der Waals surface area contributed by atoms with E-state index in [9.17, 15) is 0 Å². The zero-order valence-electron chi connectivity index (χ0n) is 11.2. The highest BCUT2D eigenvalue weighted by Crippen LogP contribution is 2.17. The minimum atomic E-state index is 0.592. The molecule has 1 rings (SSSR count). The summed E-state index contributed by atoms with van der Waals surface area (Å²) in [6, 6.07) is 0.592. The lowest BCUT2D eigenvalue weighted by molar-refractivity contribution is 0.168. The Morgan fingerprint density at radius 3 is 2.81 bits per heavy atom. The summed E-state index contributed by atoms with van der Waals surface area (Å²) < 4.78 is 5.46. The summed E-state index contributed by atoms with van der Waals surface area (Å²) in [7, 11) is 4.30. The minimum Gasteiger partial charge on any atom is -0.381 e. The molecule has 1 fully saturated rings. The third-order valence-electron chi connectivity index (χ3n) is 3.56. The van der Waals surface area contributed by atoms with Gasteiger partial charge in [-0.2, -0.15) is 0 Å². The monoisotopic (exact) mass is 228 g/mol. The Balaban J connectivity index is 2.20. The maximum absolute atomic E-state index is 5.46. The molecule has 3 nitrogen and oxygen atoms in total. The molecule has 3 heteroatoms. The molecular weight excluding hydrogens is 200 g/mol. The molecule has 0 amide bonds. The smallest absolute Gasteiger partial charge is 0.0510 e. The van der Waals surface area contributed by atoms with Crippen molar-refractivity contribution in [3.63, 3.8) is 0 Å². The topological polar surface area (TPSA) is 24.5 Å². The normalized spacial score (nSPS) is 22.9. The van der Waals surface area contributed by atoms with Crippen molar-refractivity contribution in [2.75, 3.05) is 40.4 Å². The molecule has 0 aromatic carbocycles. The fourth-order valence-corrected chi connectivity index (χ4v) is 2.40. The van der Waals surface area contributed by atoms with Crippen LogP contribution in [-0.2, 0) is 4.74 Å². The minimum absolute atomic E-state index is 0.592. The zero-order valence-corrected chi connectivity index (χ0v) is 11.2. The SMILES string of the molecule is CCCCCN(C)CC(NC)C1CCOC1. The first-order valence-corrected chi connectivity index (χ1v) is 6.71. The number of hydrogen-bond donors (Lipinski definition) is 1. The van der Waals surface area contributed by atoms with Crippen LogP contribution in [0.5, 0.6) is 0 Å². The van der Waals surface area contributed by atoms with Crippen LogP contribution in [0.15, 0.2) is 0 Å². The summed E-state index contributed by atoms with van der Waals surface area (Å²) in [5.74, 6) is 0.707. The van der Waals surface area contributed by atoms with Crippen LogP contribution >= 0.6 is 0 Å². The van der Waals surface area contributed by atoms with E-state index in [1.54, 1.807) is 0 Å². The van der Waals surface area contributed by atoms with Gasteiger partial charge in [0.25, 0.3) is 0 Å². The molecule has 2 atom stereocenters. The largest absolute Gasteiger partial charge is 0.381 e. The third-order valence-corrected chi connectivity index (χ3v) is 3.56. The van der Waals surface area contributed by atoms with E-state index in [1.807, 2.05) is 0 Å². The van der Waals surface area contributed by atoms with E-state index in [2.05, 4.69) is 31.2 Å². The third kappa shape index (κ3) is 4.81. The van der Waals surface area contributed by atoms with Gasteiger partial charge in [-0.1, -0.05) is 19.8 Å². The summed E-state index contributed by atoms with van der Waals surface area (Å²) in [6.45, 7) is 6.51. The molecule has 0 aromatic heterocycles. The Hall–Kier alpha value is -0.120. The van der Waals surface area contributed by atoms with Gasteiger partial charge in [0, 0.05) is 25.1 Å². The van der Waals surface area contributed by atoms with Crippen LogP contribution in [0.3, 0.4) is 0 Å². The molecule has 0 aromatic rings. The Morgan fingerprint density at radius 2 is 2.25 bits per heavy atom. The molecular formula is C13H28N2O. The van der Waals surface area contributed by atoms with Gasteiger partial charge in [-0.15, -0.1) is 0 Å². The van der Waals surface area contributed by atoms with Crippen LogP contribution in [-0.4, -0.2) is 51.3 Å². The quantitative estimate of drug-likeness (QED) is 0.640. The predicted octanol–water partition coefficient (Wildman–Crippen LogP) is 1.73. The Kier molecular flexibility index (Phi) is 7.01. The first kappa shape index (κ1) is 13.9. The van der Waals surface area contributed by atoms with Crippen molar-refractivity contribution in [1.29, 1.82) is 0 Å². The maximum atomic E-state index is 5.46. The number of likely N-dealkylation sites (N-methyl/N-ethyl adjacent to an activating group) is 2. The molecule has 1 aliphatic heterocycles. The van der Waals surface area contributed by atoms with Gasteiger partial charge in [0.1, 0.15) is 0 Å². The molecule has 1 saturated heterocycles. The van der Waals surface area contributed by atoms with E-state index in [0.29, 0.717) is 12.0 Å². The van der Waals surface area contributed by atoms with Crippen molar-refractivity contribution in [2.45, 2.75) is 38.6 Å². The summed E-state index contributed by atoms with van der Waals surface area (Å²) in [4.78, 5) is 2.45. The van der Waals surface area contributed by atoms with E-state index in [0.717, 1.165) is 19.8 Å². The summed E-state index contributed by atoms with van der Waals surface area (Å²) in [5.41, 5.74) is 0. The number of hydrogen-bond acceptors (Lipinski definition) is 3. The fraction of sp³-hybridized carbons (Fsp3) is 1.00. The van der Waals surface area contributed by atoms with E-state index in [-0.39, 0.29) is 0 Å². The van der Waals surface area contributed by atoms with E-state index >= 15 is 0 Å². The van der Waals surface area contributed by atoms with Crippen molar-refractivity contribution >= 4 is 0 Å². The van der Waals surface area contributed by atoms with Crippen molar-refractivity contribution in [3.8, 4) is 0 Å². The van der Waals surface area contributed by atoms with Gasteiger partial charge < -0.3 is 15.0 Å². The number of ether oxygens (including phenoxy) is 1. The van der Waals surface area contributed by atoms with Crippen molar-refractivity contribution < 1.29 is 4.74 Å². The zero-order chi connectivity index (χ0) is 11.8. The highest BCUT2D eigenvalue weighted by molar-refractivity contribution is 4.80. The lowest BCUT2D eigenvalue weighted by atomic mass is 9.99. The van der Waals surface area contributed by atoms with Gasteiger partial charge in [-0.3, -0.25) is 0 Å². The summed E-state index contributed by atoms with van der Waals surface area (Å²) in [5, 5.41) is 3.44. The second-order valence-corrected chi connectivity index (χ2v) is 4.99. The van der Waals surface area contributed by atoms with Crippen molar-refractivity contribution in [3.05, 3.63) is 0 Å². The highest BCUT2D eigenvalue weighted by Gasteiger charge is 2.25. The number of nitrogens with zero attached hydrogens (tertiary/aromatic N) is 1. The molecule has 1 aliphatic rings. The Morgan fingerprint density at radius 1 is 1.44 bits per heavy atom. The molecule has 1 heterocycles. The van der Waals surface area contributed by atoms with Crippen LogP contribution in [0.25, 0.3) is 0 Å². The first-order chi connectivity index (χ1) is 7.77. The number of rotatable bonds is 8. The van der Waals surface area contributed by atoms with Gasteiger partial charge in [0.2, 0.25) is 0 Å². The second kappa shape index (κ2) is 8.04. The average Bonchev–Trinajstić information content (AvgIpc) is 2.79. The standard InChI is InChI=1S/C13H28N2O/c1-4-5-6-8-15(3)10-13(14-2)12-7-9-16-11-12/h12-14H,4-11H2,1-3H3. The predicted molar refractivity (Wildman–Crippen MR) is 68.8 cm³/mol. The van der Waals surface area contributed by atoms with Gasteiger partial charge in [-0.05, 0) is 33.5 Å².